The lowest BCUT2D eigenvalue weighted by atomic mass is 10.0. The third-order valence-electron chi connectivity index (χ3n) is 3.80. The number of nitrogens with zero attached hydrogens (tertiary/aromatic N) is 2. The summed E-state index contributed by atoms with van der Waals surface area (Å²) in [6.07, 6.45) is 3.05. The topological polar surface area (TPSA) is 78.6 Å². The molecule has 0 radical (unpaired) electrons. The first-order valence-corrected chi connectivity index (χ1v) is 6.34. The summed E-state index contributed by atoms with van der Waals surface area (Å²) in [4.78, 5) is 14.0. The molecular formula is C12H17N3O3. The zero-order chi connectivity index (χ0) is 12.7. The van der Waals surface area contributed by atoms with Gasteiger partial charge in [0.05, 0.1) is 11.8 Å². The number of hydrogen-bond donors (Lipinski definition) is 2. The maximum absolute atomic E-state index is 12.2. The zero-order valence-corrected chi connectivity index (χ0v) is 10.3. The van der Waals surface area contributed by atoms with Crippen LogP contribution >= 0.6 is 0 Å². The molecule has 0 saturated carbocycles. The average Bonchev–Trinajstić information content (AvgIpc) is 2.81. The average molecular weight is 251 g/mol. The van der Waals surface area contributed by atoms with E-state index in [4.69, 9.17) is 4.52 Å². The van der Waals surface area contributed by atoms with Gasteiger partial charge in [0, 0.05) is 18.2 Å². The predicted octanol–water partition coefficient (Wildman–Crippen LogP) is 1.50. The Morgan fingerprint density at radius 3 is 2.72 bits per heavy atom. The molecule has 2 aliphatic rings. The second-order valence-electron chi connectivity index (χ2n) is 5.18. The van der Waals surface area contributed by atoms with Gasteiger partial charge in [0.25, 0.3) is 0 Å². The molecule has 3 atom stereocenters. The minimum absolute atomic E-state index is 0.148. The Labute approximate surface area is 105 Å². The summed E-state index contributed by atoms with van der Waals surface area (Å²) in [5.74, 6) is 0.378. The number of aryl methyl sites for hydroxylation is 1. The van der Waals surface area contributed by atoms with Crippen LogP contribution in [0.2, 0.25) is 0 Å². The van der Waals surface area contributed by atoms with Crippen molar-refractivity contribution in [3.05, 3.63) is 11.8 Å². The van der Waals surface area contributed by atoms with Crippen molar-refractivity contribution in [2.75, 3.05) is 5.32 Å². The van der Waals surface area contributed by atoms with Gasteiger partial charge in [-0.25, -0.2) is 4.79 Å². The van der Waals surface area contributed by atoms with Crippen LogP contribution in [0, 0.1) is 6.92 Å². The van der Waals surface area contributed by atoms with Crippen LogP contribution in [0.15, 0.2) is 10.6 Å². The third-order valence-corrected chi connectivity index (χ3v) is 3.80. The summed E-state index contributed by atoms with van der Waals surface area (Å²) in [7, 11) is 0. The fourth-order valence-electron chi connectivity index (χ4n) is 3.07. The maximum atomic E-state index is 12.2. The van der Waals surface area contributed by atoms with Crippen LogP contribution in [-0.2, 0) is 0 Å². The number of aliphatic hydroxyl groups is 1. The van der Waals surface area contributed by atoms with Crippen molar-refractivity contribution in [1.82, 2.24) is 10.1 Å². The zero-order valence-electron chi connectivity index (χ0n) is 10.3. The lowest BCUT2D eigenvalue weighted by Gasteiger charge is -2.36. The molecule has 2 bridgehead atoms. The molecule has 0 spiro atoms. The Balaban J connectivity index is 1.70. The highest BCUT2D eigenvalue weighted by Gasteiger charge is 2.42. The quantitative estimate of drug-likeness (QED) is 0.792. The van der Waals surface area contributed by atoms with Crippen LogP contribution < -0.4 is 5.32 Å². The highest BCUT2D eigenvalue weighted by atomic mass is 16.5. The molecule has 2 fully saturated rings. The SMILES string of the molecule is Cc1cc(NC(=O)N2[C@@H]3CC[C@H]2CC(O)C3)on1. The van der Waals surface area contributed by atoms with Crippen molar-refractivity contribution in [3.63, 3.8) is 0 Å². The number of anilines is 1. The Kier molecular flexibility index (Phi) is 2.74. The summed E-state index contributed by atoms with van der Waals surface area (Å²) >= 11 is 0. The van der Waals surface area contributed by atoms with Gasteiger partial charge >= 0.3 is 6.03 Å². The fourth-order valence-corrected chi connectivity index (χ4v) is 3.07. The van der Waals surface area contributed by atoms with E-state index in [1.807, 2.05) is 4.90 Å². The number of urea groups is 1. The number of nitrogens with one attached hydrogen (secondary N) is 1. The van der Waals surface area contributed by atoms with Crippen molar-refractivity contribution < 1.29 is 14.4 Å². The molecule has 98 valence electrons. The van der Waals surface area contributed by atoms with Gasteiger partial charge in [-0.05, 0) is 32.6 Å². The molecule has 6 nitrogen and oxygen atoms in total. The number of aromatic nitrogens is 1. The smallest absolute Gasteiger partial charge is 0.324 e. The van der Waals surface area contributed by atoms with Gasteiger partial charge in [0.15, 0.2) is 0 Å². The Bertz CT molecular complexity index is 445. The summed E-state index contributed by atoms with van der Waals surface area (Å²) < 4.78 is 4.98. The number of hydrogen-bond acceptors (Lipinski definition) is 4. The van der Waals surface area contributed by atoms with Gasteiger partial charge in [-0.2, -0.15) is 0 Å². The van der Waals surface area contributed by atoms with Crippen LogP contribution in [0.3, 0.4) is 0 Å². The van der Waals surface area contributed by atoms with E-state index in [0.717, 1.165) is 18.5 Å². The van der Waals surface area contributed by atoms with E-state index in [1.165, 1.54) is 0 Å². The predicted molar refractivity (Wildman–Crippen MR) is 64.1 cm³/mol. The Morgan fingerprint density at radius 1 is 1.50 bits per heavy atom. The number of rotatable bonds is 1. The summed E-state index contributed by atoms with van der Waals surface area (Å²) in [5.41, 5.74) is 0.738. The largest absolute Gasteiger partial charge is 0.393 e. The molecule has 3 rings (SSSR count). The van der Waals surface area contributed by atoms with Gasteiger partial charge in [0.2, 0.25) is 5.88 Å². The number of piperidine rings is 1. The lowest BCUT2D eigenvalue weighted by molar-refractivity contribution is 0.0578. The number of carbonyl (C=O) groups is 1. The van der Waals surface area contributed by atoms with Crippen LogP contribution in [0.1, 0.15) is 31.4 Å². The summed E-state index contributed by atoms with van der Waals surface area (Å²) in [6.45, 7) is 1.81. The first-order chi connectivity index (χ1) is 8.63. The molecule has 1 aromatic heterocycles. The standard InChI is InChI=1S/C12H17N3O3/c1-7-4-11(18-14-7)13-12(17)15-8-2-3-9(15)6-10(16)5-8/h4,8-10,16H,2-3,5-6H2,1H3,(H,13,17)/t8-,9+,10?. The number of amides is 2. The minimum atomic E-state index is -0.265. The molecule has 1 aromatic rings. The van der Waals surface area contributed by atoms with Gasteiger partial charge in [-0.1, -0.05) is 5.16 Å². The van der Waals surface area contributed by atoms with Crippen LogP contribution in [0.25, 0.3) is 0 Å². The molecule has 2 aliphatic heterocycles. The molecule has 2 N–H and O–H groups in total. The second-order valence-corrected chi connectivity index (χ2v) is 5.18. The monoisotopic (exact) mass is 251 g/mol. The summed E-state index contributed by atoms with van der Waals surface area (Å²) in [5, 5.41) is 16.2. The number of fused-ring (bicyclic) bond motifs is 2. The van der Waals surface area contributed by atoms with Crippen LogP contribution in [0.4, 0.5) is 10.7 Å². The molecule has 2 saturated heterocycles. The molecule has 0 aliphatic carbocycles. The van der Waals surface area contributed by atoms with E-state index >= 15 is 0 Å². The van der Waals surface area contributed by atoms with E-state index in [0.29, 0.717) is 18.7 Å². The highest BCUT2D eigenvalue weighted by molar-refractivity contribution is 5.88. The van der Waals surface area contributed by atoms with Crippen molar-refractivity contribution >= 4 is 11.9 Å². The van der Waals surface area contributed by atoms with Gasteiger partial charge in [-0.3, -0.25) is 5.32 Å². The fraction of sp³-hybridized carbons (Fsp3) is 0.667. The minimum Gasteiger partial charge on any atom is -0.393 e. The van der Waals surface area contributed by atoms with Gasteiger partial charge in [0.1, 0.15) is 0 Å². The first kappa shape index (κ1) is 11.5. The Morgan fingerprint density at radius 2 is 2.17 bits per heavy atom. The summed E-state index contributed by atoms with van der Waals surface area (Å²) in [6, 6.07) is 1.86. The van der Waals surface area contributed by atoms with Crippen molar-refractivity contribution in [2.45, 2.75) is 50.8 Å². The molecule has 18 heavy (non-hydrogen) atoms. The maximum Gasteiger partial charge on any atom is 0.324 e. The van der Waals surface area contributed by atoms with Crippen molar-refractivity contribution in [2.24, 2.45) is 0 Å². The normalized spacial score (nSPS) is 30.6. The molecular weight excluding hydrogens is 234 g/mol. The number of carbonyl (C=O) groups excluding carboxylic acids is 1. The highest BCUT2D eigenvalue weighted by Crippen LogP contribution is 2.36. The molecule has 2 amide bonds. The van der Waals surface area contributed by atoms with E-state index in [1.54, 1.807) is 13.0 Å². The molecule has 0 aromatic carbocycles. The van der Waals surface area contributed by atoms with Crippen LogP contribution in [-0.4, -0.2) is 39.4 Å². The van der Waals surface area contributed by atoms with Crippen LogP contribution in [0.5, 0.6) is 0 Å². The second kappa shape index (κ2) is 4.28. The Hall–Kier alpha value is -1.56. The van der Waals surface area contributed by atoms with E-state index in [2.05, 4.69) is 10.5 Å². The molecule has 6 heteroatoms. The van der Waals surface area contributed by atoms with E-state index in [-0.39, 0.29) is 24.2 Å². The van der Waals surface area contributed by atoms with E-state index < -0.39 is 0 Å². The first-order valence-electron chi connectivity index (χ1n) is 6.34. The number of aliphatic hydroxyl groups excluding tert-OH is 1. The molecule has 1 unspecified atom stereocenters. The van der Waals surface area contributed by atoms with Gasteiger partial charge < -0.3 is 14.5 Å². The van der Waals surface area contributed by atoms with Crippen molar-refractivity contribution in [1.29, 1.82) is 0 Å². The van der Waals surface area contributed by atoms with Gasteiger partial charge in [-0.15, -0.1) is 0 Å². The molecule has 3 heterocycles. The van der Waals surface area contributed by atoms with E-state index in [9.17, 15) is 9.90 Å². The lowest BCUT2D eigenvalue weighted by Crippen LogP contribution is -2.49. The van der Waals surface area contributed by atoms with Crippen molar-refractivity contribution in [3.8, 4) is 0 Å². The third kappa shape index (κ3) is 1.96.